The summed E-state index contributed by atoms with van der Waals surface area (Å²) in [5.74, 6) is -0.00639. The highest BCUT2D eigenvalue weighted by Gasteiger charge is 2.00. The molecule has 1 aromatic carbocycles. The van der Waals surface area contributed by atoms with Crippen molar-refractivity contribution in [1.29, 1.82) is 0 Å². The Labute approximate surface area is 66.9 Å². The smallest absolute Gasteiger partial charge is 0.239 e. The molecule has 1 aromatic rings. The summed E-state index contributed by atoms with van der Waals surface area (Å²) in [5.41, 5.74) is 0.717. The quantitative estimate of drug-likeness (QED) is 0.616. The number of rotatable bonds is 2. The minimum atomic E-state index is -0.00639. The van der Waals surface area contributed by atoms with Crippen LogP contribution in [0.4, 0.5) is 0 Å². The third-order valence-electron chi connectivity index (χ3n) is 1.37. The molecule has 56 valence electrons. The third-order valence-corrected chi connectivity index (χ3v) is 1.37. The molecule has 0 saturated carbocycles. The molecule has 0 spiro atoms. The molecule has 0 aliphatic rings. The van der Waals surface area contributed by atoms with E-state index in [1.807, 2.05) is 25.0 Å². The average Bonchev–Trinajstić information content (AvgIpc) is 2.07. The van der Waals surface area contributed by atoms with Crippen LogP contribution in [-0.2, 0) is 0 Å². The van der Waals surface area contributed by atoms with Crippen molar-refractivity contribution in [1.82, 2.24) is 5.23 Å². The van der Waals surface area contributed by atoms with Crippen LogP contribution in [0.2, 0.25) is 6.82 Å². The van der Waals surface area contributed by atoms with Crippen molar-refractivity contribution in [3.05, 3.63) is 35.9 Å². The van der Waals surface area contributed by atoms with Crippen LogP contribution < -0.4 is 5.23 Å². The van der Waals surface area contributed by atoms with Gasteiger partial charge in [0.25, 0.3) is 0 Å². The van der Waals surface area contributed by atoms with Gasteiger partial charge in [0.2, 0.25) is 13.3 Å². The van der Waals surface area contributed by atoms with Crippen molar-refractivity contribution in [2.45, 2.75) is 6.82 Å². The molecule has 0 radical (unpaired) electrons. The fraction of sp³-hybridized carbons (Fsp3) is 0.125. The van der Waals surface area contributed by atoms with Crippen molar-refractivity contribution < 1.29 is 4.79 Å². The second-order valence-electron chi connectivity index (χ2n) is 2.23. The van der Waals surface area contributed by atoms with Gasteiger partial charge in [0.15, 0.2) is 0 Å². The second-order valence-corrected chi connectivity index (χ2v) is 2.23. The molecule has 1 rings (SSSR count). The number of carbonyl (C=O) groups is 1. The summed E-state index contributed by atoms with van der Waals surface area (Å²) in [6.45, 7) is 1.90. The van der Waals surface area contributed by atoms with Gasteiger partial charge in [0.05, 0.1) is 0 Å². The van der Waals surface area contributed by atoms with Crippen molar-refractivity contribution in [3.8, 4) is 0 Å². The number of carbonyl (C=O) groups excluding carboxylic acids is 1. The molecule has 0 aromatic heterocycles. The van der Waals surface area contributed by atoms with Gasteiger partial charge in [0.1, 0.15) is 0 Å². The number of benzene rings is 1. The Balaban J connectivity index is 2.69. The lowest BCUT2D eigenvalue weighted by atomic mass is 9.99. The SMILES string of the molecule is CBNC(=O)c1ccccc1. The molecule has 0 aliphatic carbocycles. The first-order valence-electron chi connectivity index (χ1n) is 3.68. The van der Waals surface area contributed by atoms with Crippen LogP contribution in [0.3, 0.4) is 0 Å². The molecule has 0 aliphatic heterocycles. The molecule has 1 amide bonds. The minimum Gasteiger partial charge on any atom is -0.399 e. The predicted molar refractivity (Wildman–Crippen MR) is 46.9 cm³/mol. The van der Waals surface area contributed by atoms with Gasteiger partial charge in [-0.15, -0.1) is 0 Å². The van der Waals surface area contributed by atoms with E-state index in [1.165, 1.54) is 0 Å². The zero-order valence-electron chi connectivity index (χ0n) is 6.50. The minimum absolute atomic E-state index is 0.00639. The van der Waals surface area contributed by atoms with Gasteiger partial charge in [-0.05, 0) is 12.1 Å². The lowest BCUT2D eigenvalue weighted by Crippen LogP contribution is -2.24. The molecule has 0 fully saturated rings. The summed E-state index contributed by atoms with van der Waals surface area (Å²) >= 11 is 0. The third kappa shape index (κ3) is 2.11. The van der Waals surface area contributed by atoms with E-state index in [4.69, 9.17) is 0 Å². The second kappa shape index (κ2) is 3.81. The first kappa shape index (κ1) is 7.86. The standard InChI is InChI=1S/C8H10BNO/c1-9-10-8(11)7-5-3-2-4-6-7/h2-6,9H,1H3,(H,10,11). The van der Waals surface area contributed by atoms with Crippen molar-refractivity contribution in [3.63, 3.8) is 0 Å². The van der Waals surface area contributed by atoms with E-state index in [-0.39, 0.29) is 5.91 Å². The Hall–Kier alpha value is -1.25. The van der Waals surface area contributed by atoms with Gasteiger partial charge in [0, 0.05) is 5.56 Å². The lowest BCUT2D eigenvalue weighted by molar-refractivity contribution is 0.0980. The van der Waals surface area contributed by atoms with E-state index in [0.29, 0.717) is 13.0 Å². The van der Waals surface area contributed by atoms with Crippen molar-refractivity contribution in [2.24, 2.45) is 0 Å². The van der Waals surface area contributed by atoms with Crippen LogP contribution in [0, 0.1) is 0 Å². The Kier molecular flexibility index (Phi) is 2.72. The summed E-state index contributed by atoms with van der Waals surface area (Å²) in [6.07, 6.45) is 0. The van der Waals surface area contributed by atoms with Crippen LogP contribution in [0.5, 0.6) is 0 Å². The molecule has 3 heteroatoms. The zero-order chi connectivity index (χ0) is 8.10. The largest absolute Gasteiger partial charge is 0.399 e. The maximum absolute atomic E-state index is 11.1. The maximum atomic E-state index is 11.1. The average molecular weight is 147 g/mol. The van der Waals surface area contributed by atoms with Crippen LogP contribution >= 0.6 is 0 Å². The van der Waals surface area contributed by atoms with Gasteiger partial charge in [-0.3, -0.25) is 4.79 Å². The number of hydrogen-bond donors (Lipinski definition) is 1. The molecule has 0 bridgehead atoms. The lowest BCUT2D eigenvalue weighted by Gasteiger charge is -1.99. The van der Waals surface area contributed by atoms with E-state index in [2.05, 4.69) is 5.23 Å². The molecular formula is C8H10BNO. The Morgan fingerprint density at radius 1 is 1.36 bits per heavy atom. The fourth-order valence-electron chi connectivity index (χ4n) is 0.852. The Morgan fingerprint density at radius 3 is 2.55 bits per heavy atom. The highest BCUT2D eigenvalue weighted by Crippen LogP contribution is 1.96. The van der Waals surface area contributed by atoms with Crippen LogP contribution in [-0.4, -0.2) is 13.3 Å². The number of amides is 1. The molecular weight excluding hydrogens is 137 g/mol. The molecule has 0 saturated heterocycles. The topological polar surface area (TPSA) is 29.1 Å². The van der Waals surface area contributed by atoms with Crippen molar-refractivity contribution in [2.75, 3.05) is 0 Å². The molecule has 0 atom stereocenters. The van der Waals surface area contributed by atoms with E-state index in [1.54, 1.807) is 12.1 Å². The molecule has 0 heterocycles. The summed E-state index contributed by atoms with van der Waals surface area (Å²) < 4.78 is 0. The van der Waals surface area contributed by atoms with Crippen LogP contribution in [0.1, 0.15) is 10.4 Å². The van der Waals surface area contributed by atoms with E-state index in [9.17, 15) is 4.79 Å². The van der Waals surface area contributed by atoms with Gasteiger partial charge in [-0.1, -0.05) is 25.0 Å². The fourth-order valence-corrected chi connectivity index (χ4v) is 0.852. The van der Waals surface area contributed by atoms with E-state index in [0.717, 1.165) is 0 Å². The Bertz CT molecular complexity index is 235. The summed E-state index contributed by atoms with van der Waals surface area (Å²) in [7, 11) is 0.674. The first-order chi connectivity index (χ1) is 5.34. The highest BCUT2D eigenvalue weighted by molar-refractivity contribution is 6.36. The molecule has 0 unspecified atom stereocenters. The highest BCUT2D eigenvalue weighted by atomic mass is 16.1. The van der Waals surface area contributed by atoms with Gasteiger partial charge in [-0.2, -0.15) is 0 Å². The van der Waals surface area contributed by atoms with Crippen molar-refractivity contribution >= 4 is 13.3 Å². The first-order valence-corrected chi connectivity index (χ1v) is 3.68. The molecule has 1 N–H and O–H groups in total. The van der Waals surface area contributed by atoms with Crippen LogP contribution in [0.25, 0.3) is 0 Å². The van der Waals surface area contributed by atoms with Gasteiger partial charge < -0.3 is 5.23 Å². The summed E-state index contributed by atoms with van der Waals surface area (Å²) in [4.78, 5) is 11.1. The predicted octanol–water partition coefficient (Wildman–Crippen LogP) is 0.816. The normalized spacial score (nSPS) is 8.82. The summed E-state index contributed by atoms with van der Waals surface area (Å²) in [5, 5.41) is 2.72. The van der Waals surface area contributed by atoms with Gasteiger partial charge in [-0.25, -0.2) is 0 Å². The van der Waals surface area contributed by atoms with E-state index < -0.39 is 0 Å². The molecule has 2 nitrogen and oxygen atoms in total. The zero-order valence-corrected chi connectivity index (χ0v) is 6.50. The number of nitrogens with one attached hydrogen (secondary N) is 1. The summed E-state index contributed by atoms with van der Waals surface area (Å²) in [6, 6.07) is 9.19. The van der Waals surface area contributed by atoms with E-state index >= 15 is 0 Å². The van der Waals surface area contributed by atoms with Crippen LogP contribution in [0.15, 0.2) is 30.3 Å². The monoisotopic (exact) mass is 147 g/mol. The number of hydrogen-bond acceptors (Lipinski definition) is 1. The molecule has 11 heavy (non-hydrogen) atoms. The van der Waals surface area contributed by atoms with Gasteiger partial charge >= 0.3 is 0 Å². The maximum Gasteiger partial charge on any atom is 0.239 e. The Morgan fingerprint density at radius 2 is 2.00 bits per heavy atom.